The number of urea groups is 1. The molecule has 0 saturated heterocycles. The maximum Gasteiger partial charge on any atom is 0.312 e. The van der Waals surface area contributed by atoms with Crippen molar-refractivity contribution in [2.75, 3.05) is 32.0 Å². The zero-order chi connectivity index (χ0) is 36.1. The maximum absolute atomic E-state index is 12.7. The van der Waals surface area contributed by atoms with Crippen LogP contribution in [0.4, 0.5) is 10.5 Å². The number of amides is 6. The molecule has 0 aliphatic carbocycles. The molecule has 0 aliphatic heterocycles. The molecule has 0 aliphatic rings. The summed E-state index contributed by atoms with van der Waals surface area (Å²) in [6.07, 6.45) is 1.36. The Hall–Kier alpha value is -4.49. The number of nitrogens with one attached hydrogen (secondary N) is 4. The Morgan fingerprint density at radius 2 is 1.47 bits per heavy atom. The molecule has 6 N–H and O–H groups in total. The number of Topliss-reactive ketones (excluding diaryl/α,β-unsaturated/α-hetero) is 1. The zero-order valence-corrected chi connectivity index (χ0v) is 29.1. The van der Waals surface area contributed by atoms with Gasteiger partial charge in [-0.25, -0.2) is 4.79 Å². The minimum atomic E-state index is -0.852. The molecule has 1 aromatic carbocycles. The fraction of sp³-hybridized carbons (Fsp3) is 0.606. The Morgan fingerprint density at radius 3 is 1.96 bits per heavy atom. The second kappa shape index (κ2) is 22.9. The number of anilines is 1. The highest BCUT2D eigenvalue weighted by Gasteiger charge is 2.25. The number of ketones is 1. The Labute approximate surface area is 278 Å². The largest absolute Gasteiger partial charge is 0.461 e. The molecule has 0 saturated carbocycles. The molecule has 0 aromatic heterocycles. The third kappa shape index (κ3) is 19.6. The molecule has 0 fully saturated rings. The van der Waals surface area contributed by atoms with E-state index in [1.807, 2.05) is 6.92 Å². The number of hydrogen-bond acceptors (Lipinski definition) is 8. The molecule has 14 heteroatoms. The van der Waals surface area contributed by atoms with E-state index in [4.69, 9.17) is 10.5 Å². The summed E-state index contributed by atoms with van der Waals surface area (Å²) < 4.78 is 5.17. The number of hydrogen-bond donors (Lipinski definition) is 5. The highest BCUT2D eigenvalue weighted by molar-refractivity contribution is 5.96. The molecule has 1 rings (SSSR count). The van der Waals surface area contributed by atoms with Crippen LogP contribution >= 0.6 is 0 Å². The number of nitrogens with two attached hydrogens (primary N) is 1. The number of primary amides is 1. The highest BCUT2D eigenvalue weighted by atomic mass is 16.5. The molecule has 0 radical (unpaired) electrons. The van der Waals surface area contributed by atoms with E-state index in [0.29, 0.717) is 12.2 Å². The molecule has 1 atom stereocenters. The Balaban J connectivity index is 0.00000270. The van der Waals surface area contributed by atoms with E-state index in [0.717, 1.165) is 12.0 Å². The third-order valence-corrected chi connectivity index (χ3v) is 6.59. The second-order valence-corrected chi connectivity index (χ2v) is 12.0. The number of rotatable bonds is 18. The van der Waals surface area contributed by atoms with Gasteiger partial charge in [-0.2, -0.15) is 0 Å². The lowest BCUT2D eigenvalue weighted by molar-refractivity contribution is -0.148. The van der Waals surface area contributed by atoms with Crippen LogP contribution in [0.1, 0.15) is 79.7 Å². The van der Waals surface area contributed by atoms with Crippen molar-refractivity contribution in [3.8, 4) is 0 Å². The van der Waals surface area contributed by atoms with E-state index >= 15 is 0 Å². The SMILES string of the molecule is CC(C)C(=O)CN(C)C(=O)CCCC(=O)NC(C(=O)NCC(=O)Nc1ccc(COC(=O)C(C)C)cc1)C(C)C.CCCNC(N)=O. The predicted molar refractivity (Wildman–Crippen MR) is 179 cm³/mol. The fourth-order valence-corrected chi connectivity index (χ4v) is 3.61. The molecule has 0 bridgehead atoms. The lowest BCUT2D eigenvalue weighted by atomic mass is 10.0. The van der Waals surface area contributed by atoms with E-state index in [-0.39, 0.29) is 80.3 Å². The summed E-state index contributed by atoms with van der Waals surface area (Å²) in [6.45, 7) is 13.1. The molecule has 47 heavy (non-hydrogen) atoms. The van der Waals surface area contributed by atoms with Crippen molar-refractivity contribution in [3.05, 3.63) is 29.8 Å². The fourth-order valence-electron chi connectivity index (χ4n) is 3.61. The van der Waals surface area contributed by atoms with Gasteiger partial charge in [0.1, 0.15) is 12.6 Å². The van der Waals surface area contributed by atoms with Gasteiger partial charge in [-0.3, -0.25) is 28.8 Å². The van der Waals surface area contributed by atoms with Crippen molar-refractivity contribution >= 4 is 47.1 Å². The van der Waals surface area contributed by atoms with Gasteiger partial charge < -0.3 is 36.6 Å². The molecule has 264 valence electrons. The lowest BCUT2D eigenvalue weighted by Gasteiger charge is -2.22. The number of esters is 1. The van der Waals surface area contributed by atoms with Crippen LogP contribution in [0.15, 0.2) is 24.3 Å². The van der Waals surface area contributed by atoms with Gasteiger partial charge in [0, 0.05) is 38.0 Å². The van der Waals surface area contributed by atoms with E-state index < -0.39 is 23.9 Å². The van der Waals surface area contributed by atoms with Gasteiger partial charge in [0.05, 0.1) is 19.0 Å². The monoisotopic (exact) mass is 662 g/mol. The number of likely N-dealkylation sites (N-methyl/N-ethyl adjacent to an activating group) is 1. The minimum absolute atomic E-state index is 0.0345. The molecular formula is C33H54N6O8. The first kappa shape index (κ1) is 42.5. The maximum atomic E-state index is 12.7. The van der Waals surface area contributed by atoms with Crippen molar-refractivity contribution in [1.29, 1.82) is 0 Å². The van der Waals surface area contributed by atoms with Crippen molar-refractivity contribution in [2.24, 2.45) is 23.5 Å². The first-order chi connectivity index (χ1) is 22.0. The summed E-state index contributed by atoms with van der Waals surface area (Å²) in [7, 11) is 1.56. The van der Waals surface area contributed by atoms with E-state index in [2.05, 4.69) is 21.3 Å². The summed E-state index contributed by atoms with van der Waals surface area (Å²) in [4.78, 5) is 84.3. The first-order valence-electron chi connectivity index (χ1n) is 15.9. The quantitative estimate of drug-likeness (QED) is 0.147. The molecule has 6 amide bonds. The first-order valence-corrected chi connectivity index (χ1v) is 15.9. The summed E-state index contributed by atoms with van der Waals surface area (Å²) in [5.41, 5.74) is 6.01. The predicted octanol–water partition coefficient (Wildman–Crippen LogP) is 2.50. The smallest absolute Gasteiger partial charge is 0.312 e. The number of benzene rings is 1. The van der Waals surface area contributed by atoms with Crippen molar-refractivity contribution in [2.45, 2.75) is 86.8 Å². The van der Waals surface area contributed by atoms with Gasteiger partial charge in [-0.15, -0.1) is 0 Å². The van der Waals surface area contributed by atoms with Crippen molar-refractivity contribution in [3.63, 3.8) is 0 Å². The van der Waals surface area contributed by atoms with Crippen LogP contribution in [0.5, 0.6) is 0 Å². The van der Waals surface area contributed by atoms with Crippen LogP contribution in [-0.2, 0) is 40.1 Å². The third-order valence-electron chi connectivity index (χ3n) is 6.59. The summed E-state index contributed by atoms with van der Waals surface area (Å²) in [5.74, 6) is -2.49. The lowest BCUT2D eigenvalue weighted by Crippen LogP contribution is -2.51. The van der Waals surface area contributed by atoms with E-state index in [1.165, 1.54) is 4.90 Å². The summed E-state index contributed by atoms with van der Waals surface area (Å²) >= 11 is 0. The molecule has 1 unspecified atom stereocenters. The Bertz CT molecular complexity index is 1180. The summed E-state index contributed by atoms with van der Waals surface area (Å²) in [6, 6.07) is 5.49. The van der Waals surface area contributed by atoms with Crippen LogP contribution in [0.2, 0.25) is 0 Å². The van der Waals surface area contributed by atoms with E-state index in [9.17, 15) is 33.6 Å². The van der Waals surface area contributed by atoms with Crippen molar-refractivity contribution in [1.82, 2.24) is 20.9 Å². The van der Waals surface area contributed by atoms with Gasteiger partial charge >= 0.3 is 12.0 Å². The molecular weight excluding hydrogens is 608 g/mol. The van der Waals surface area contributed by atoms with Crippen LogP contribution in [0.3, 0.4) is 0 Å². The van der Waals surface area contributed by atoms with Crippen LogP contribution in [-0.4, -0.2) is 79.0 Å². The number of carbonyl (C=O) groups is 7. The average molecular weight is 663 g/mol. The van der Waals surface area contributed by atoms with Crippen LogP contribution < -0.4 is 27.0 Å². The molecule has 1 aromatic rings. The van der Waals surface area contributed by atoms with Gasteiger partial charge in [-0.05, 0) is 36.5 Å². The highest BCUT2D eigenvalue weighted by Crippen LogP contribution is 2.11. The normalized spacial score (nSPS) is 11.1. The van der Waals surface area contributed by atoms with Gasteiger partial charge in [0.15, 0.2) is 5.78 Å². The van der Waals surface area contributed by atoms with Gasteiger partial charge in [0.25, 0.3) is 0 Å². The van der Waals surface area contributed by atoms with E-state index in [1.54, 1.807) is 72.9 Å². The molecule has 0 spiro atoms. The number of ether oxygens (including phenoxy) is 1. The Morgan fingerprint density at radius 1 is 0.851 bits per heavy atom. The molecule has 14 nitrogen and oxygen atoms in total. The van der Waals surface area contributed by atoms with Crippen molar-refractivity contribution < 1.29 is 38.3 Å². The summed E-state index contributed by atoms with van der Waals surface area (Å²) in [5, 5.41) is 10.3. The van der Waals surface area contributed by atoms with Crippen LogP contribution in [0.25, 0.3) is 0 Å². The number of carbonyl (C=O) groups excluding carboxylic acids is 7. The minimum Gasteiger partial charge on any atom is -0.461 e. The molecule has 0 heterocycles. The number of nitrogens with zero attached hydrogens (tertiary/aromatic N) is 1. The van der Waals surface area contributed by atoms with Crippen LogP contribution in [0, 0.1) is 17.8 Å². The topological polar surface area (TPSA) is 206 Å². The standard InChI is InChI=1S/C29H44N4O7.C4H10N2O/c1-18(2)23(34)16-33(7)26(37)10-8-9-24(35)32-27(19(3)4)28(38)30-15-25(36)31-22-13-11-21(12-14-22)17-40-29(39)20(5)6;1-2-3-6-4(5)7/h11-14,18-20,27H,8-10,15-17H2,1-7H3,(H,30,38)(H,31,36)(H,32,35);2-3H2,1H3,(H3,5,6,7). The Kier molecular flexibility index (Phi) is 20.7. The second-order valence-electron chi connectivity index (χ2n) is 12.0. The average Bonchev–Trinajstić information content (AvgIpc) is 3.00. The van der Waals surface area contributed by atoms with Gasteiger partial charge in [-0.1, -0.05) is 60.6 Å². The zero-order valence-electron chi connectivity index (χ0n) is 29.1. The van der Waals surface area contributed by atoms with Gasteiger partial charge in [0.2, 0.25) is 23.6 Å².